The Bertz CT molecular complexity index is 1400. The quantitative estimate of drug-likeness (QED) is 0.238. The molecule has 3 aromatic carbocycles. The van der Waals surface area contributed by atoms with Crippen LogP contribution in [0, 0.1) is 0 Å². The third-order valence-electron chi connectivity index (χ3n) is 6.25. The average Bonchev–Trinajstić information content (AvgIpc) is 2.91. The molecule has 3 aromatic rings. The van der Waals surface area contributed by atoms with Crippen molar-refractivity contribution in [2.45, 2.75) is 38.8 Å². The molecule has 40 heavy (non-hydrogen) atoms. The molecule has 0 aliphatic rings. The second kappa shape index (κ2) is 14.7. The lowest BCUT2D eigenvalue weighted by Crippen LogP contribution is -2.53. The molecule has 2 amide bonds. The van der Waals surface area contributed by atoms with Crippen LogP contribution in [0.3, 0.4) is 0 Å². The van der Waals surface area contributed by atoms with Gasteiger partial charge in [0.2, 0.25) is 21.8 Å². The molecule has 0 fully saturated rings. The third-order valence-corrected chi connectivity index (χ3v) is 8.23. The van der Waals surface area contributed by atoms with Crippen LogP contribution in [0.25, 0.3) is 0 Å². The predicted octanol–water partition coefficient (Wildman–Crippen LogP) is 5.97. The van der Waals surface area contributed by atoms with Gasteiger partial charge >= 0.3 is 0 Å². The van der Waals surface area contributed by atoms with Gasteiger partial charge in [0, 0.05) is 34.6 Å². The molecule has 1 atom stereocenters. The second-order valence-electron chi connectivity index (χ2n) is 9.35. The van der Waals surface area contributed by atoms with Gasteiger partial charge in [-0.3, -0.25) is 13.9 Å². The highest BCUT2D eigenvalue weighted by molar-refractivity contribution is 7.92. The number of halogens is 3. The Labute approximate surface area is 251 Å². The maximum atomic E-state index is 14.0. The van der Waals surface area contributed by atoms with Crippen molar-refractivity contribution in [1.29, 1.82) is 0 Å². The predicted molar refractivity (Wildman–Crippen MR) is 163 cm³/mol. The molecule has 0 heterocycles. The largest absolute Gasteiger partial charge is 0.354 e. The van der Waals surface area contributed by atoms with Crippen LogP contribution in [0.1, 0.15) is 30.9 Å². The molecular formula is C29H32Cl3N3O4S. The van der Waals surface area contributed by atoms with E-state index in [9.17, 15) is 18.0 Å². The minimum atomic E-state index is -3.87. The van der Waals surface area contributed by atoms with Gasteiger partial charge in [0.15, 0.2) is 0 Å². The first kappa shape index (κ1) is 31.7. The Hall–Kier alpha value is -2.78. The summed E-state index contributed by atoms with van der Waals surface area (Å²) in [5.74, 6) is -0.911. The van der Waals surface area contributed by atoms with Crippen molar-refractivity contribution < 1.29 is 18.0 Å². The van der Waals surface area contributed by atoms with Crippen molar-refractivity contribution in [3.63, 3.8) is 0 Å². The minimum absolute atomic E-state index is 0.0360. The Kier molecular flexibility index (Phi) is 11.7. The summed E-state index contributed by atoms with van der Waals surface area (Å²) in [6.07, 6.45) is 2.90. The zero-order valence-corrected chi connectivity index (χ0v) is 25.4. The first-order valence-electron chi connectivity index (χ1n) is 12.8. The van der Waals surface area contributed by atoms with Gasteiger partial charge in [0.05, 0.1) is 11.9 Å². The Morgan fingerprint density at radius 2 is 1.57 bits per heavy atom. The molecule has 0 aliphatic heterocycles. The number of carbonyl (C=O) groups excluding carboxylic acids is 2. The van der Waals surface area contributed by atoms with E-state index in [4.69, 9.17) is 34.8 Å². The average molecular weight is 625 g/mol. The first-order chi connectivity index (χ1) is 19.0. The smallest absolute Gasteiger partial charge is 0.244 e. The van der Waals surface area contributed by atoms with Crippen LogP contribution in [-0.2, 0) is 32.6 Å². The minimum Gasteiger partial charge on any atom is -0.354 e. The monoisotopic (exact) mass is 623 g/mol. The lowest BCUT2D eigenvalue weighted by atomic mass is 10.0. The van der Waals surface area contributed by atoms with Gasteiger partial charge in [-0.15, -0.1) is 0 Å². The summed E-state index contributed by atoms with van der Waals surface area (Å²) in [5.41, 5.74) is 1.68. The van der Waals surface area contributed by atoms with Crippen molar-refractivity contribution in [2.75, 3.05) is 23.7 Å². The van der Waals surface area contributed by atoms with E-state index in [0.717, 1.165) is 29.0 Å². The second-order valence-corrected chi connectivity index (χ2v) is 12.5. The molecule has 11 heteroatoms. The summed E-state index contributed by atoms with van der Waals surface area (Å²) in [4.78, 5) is 29.0. The Balaban J connectivity index is 2.05. The van der Waals surface area contributed by atoms with Gasteiger partial charge in [-0.25, -0.2) is 8.42 Å². The molecule has 0 radical (unpaired) electrons. The van der Waals surface area contributed by atoms with Crippen molar-refractivity contribution in [3.8, 4) is 0 Å². The van der Waals surface area contributed by atoms with E-state index in [1.165, 1.54) is 17.0 Å². The number of anilines is 1. The number of amides is 2. The van der Waals surface area contributed by atoms with E-state index in [-0.39, 0.29) is 24.6 Å². The molecule has 0 aliphatic carbocycles. The van der Waals surface area contributed by atoms with Crippen LogP contribution in [0.5, 0.6) is 0 Å². The van der Waals surface area contributed by atoms with Crippen LogP contribution < -0.4 is 9.62 Å². The lowest BCUT2D eigenvalue weighted by Gasteiger charge is -2.33. The van der Waals surface area contributed by atoms with Gasteiger partial charge in [-0.05, 0) is 53.9 Å². The summed E-state index contributed by atoms with van der Waals surface area (Å²) in [6, 6.07) is 19.4. The number of unbranched alkanes of at least 4 members (excludes halogenated alkanes) is 1. The maximum absolute atomic E-state index is 14.0. The maximum Gasteiger partial charge on any atom is 0.244 e. The molecule has 1 N–H and O–H groups in total. The molecule has 214 valence electrons. The zero-order valence-electron chi connectivity index (χ0n) is 22.3. The van der Waals surface area contributed by atoms with Crippen molar-refractivity contribution >= 4 is 62.3 Å². The van der Waals surface area contributed by atoms with Gasteiger partial charge in [0.25, 0.3) is 0 Å². The van der Waals surface area contributed by atoms with E-state index >= 15 is 0 Å². The molecule has 0 unspecified atom stereocenters. The molecule has 0 spiro atoms. The van der Waals surface area contributed by atoms with Crippen molar-refractivity contribution in [2.24, 2.45) is 0 Å². The molecule has 0 saturated carbocycles. The molecule has 0 aromatic heterocycles. The van der Waals surface area contributed by atoms with Crippen LogP contribution in [0.15, 0.2) is 72.8 Å². The number of carbonyl (C=O) groups is 2. The van der Waals surface area contributed by atoms with Gasteiger partial charge in [-0.2, -0.15) is 0 Å². The highest BCUT2D eigenvalue weighted by Gasteiger charge is 2.33. The van der Waals surface area contributed by atoms with Crippen LogP contribution in [0.4, 0.5) is 5.69 Å². The van der Waals surface area contributed by atoms with Gasteiger partial charge < -0.3 is 10.2 Å². The first-order valence-corrected chi connectivity index (χ1v) is 15.8. The van der Waals surface area contributed by atoms with E-state index in [1.807, 2.05) is 37.3 Å². The zero-order chi connectivity index (χ0) is 29.3. The summed E-state index contributed by atoms with van der Waals surface area (Å²) >= 11 is 18.6. The van der Waals surface area contributed by atoms with Crippen LogP contribution >= 0.6 is 34.8 Å². The number of benzene rings is 3. The summed E-state index contributed by atoms with van der Waals surface area (Å²) in [6.45, 7) is 1.90. The van der Waals surface area contributed by atoms with Crippen LogP contribution in [-0.4, -0.2) is 50.5 Å². The summed E-state index contributed by atoms with van der Waals surface area (Å²) in [5, 5.41) is 4.12. The van der Waals surface area contributed by atoms with E-state index in [2.05, 4.69) is 5.32 Å². The third kappa shape index (κ3) is 9.13. The fourth-order valence-corrected chi connectivity index (χ4v) is 5.56. The number of nitrogens with zero attached hydrogens (tertiary/aromatic N) is 2. The number of rotatable bonds is 13. The molecule has 7 nitrogen and oxygen atoms in total. The highest BCUT2D eigenvalue weighted by atomic mass is 35.5. The Morgan fingerprint density at radius 1 is 0.925 bits per heavy atom. The number of hydrogen-bond acceptors (Lipinski definition) is 4. The molecule has 0 saturated heterocycles. The van der Waals surface area contributed by atoms with Gasteiger partial charge in [-0.1, -0.05) is 84.5 Å². The standard InChI is InChI=1S/C29H32Cl3N3O4S/c1-3-4-16-33-29(37)27(17-21-8-6-5-7-9-21)34(19-22-10-11-24(31)18-26(22)32)28(36)20-35(40(2,38)39)25-14-12-23(30)13-15-25/h5-15,18,27H,3-4,16-17,19-20H2,1-2H3,(H,33,37)/t27-/m1/s1. The van der Waals surface area contributed by atoms with Crippen LogP contribution in [0.2, 0.25) is 15.1 Å². The molecule has 0 bridgehead atoms. The van der Waals surface area contributed by atoms with E-state index < -0.39 is 28.5 Å². The lowest BCUT2D eigenvalue weighted by molar-refractivity contribution is -0.140. The topological polar surface area (TPSA) is 86.8 Å². The SMILES string of the molecule is CCCCNC(=O)[C@@H](Cc1ccccc1)N(Cc1ccc(Cl)cc1Cl)C(=O)CN(c1ccc(Cl)cc1)S(C)(=O)=O. The number of nitrogens with one attached hydrogen (secondary N) is 1. The van der Waals surface area contributed by atoms with Crippen molar-refractivity contribution in [3.05, 3.63) is 99.0 Å². The molecule has 3 rings (SSSR count). The highest BCUT2D eigenvalue weighted by Crippen LogP contribution is 2.26. The van der Waals surface area contributed by atoms with E-state index in [0.29, 0.717) is 27.2 Å². The summed E-state index contributed by atoms with van der Waals surface area (Å²) < 4.78 is 26.6. The van der Waals surface area contributed by atoms with Gasteiger partial charge in [0.1, 0.15) is 12.6 Å². The number of hydrogen-bond donors (Lipinski definition) is 1. The fraction of sp³-hybridized carbons (Fsp3) is 0.310. The molecular weight excluding hydrogens is 593 g/mol. The fourth-order valence-electron chi connectivity index (χ4n) is 4.11. The van der Waals surface area contributed by atoms with E-state index in [1.54, 1.807) is 30.3 Å². The Morgan fingerprint density at radius 3 is 2.17 bits per heavy atom. The summed E-state index contributed by atoms with van der Waals surface area (Å²) in [7, 11) is -3.87. The normalized spacial score (nSPS) is 12.0. The van der Waals surface area contributed by atoms with Crippen molar-refractivity contribution in [1.82, 2.24) is 10.2 Å². The number of sulfonamides is 1.